The van der Waals surface area contributed by atoms with E-state index >= 15 is 0 Å². The SMILES string of the molecule is Cc1cccc(NS(=O)(=O)c2cc(C(=O)Nc3ccc(S(=O)(=O)Nc4cc(Cl)ccc4C)cc3)ccc2Cl)c1. The molecule has 0 aliphatic heterocycles. The van der Waals surface area contributed by atoms with E-state index < -0.39 is 26.0 Å². The van der Waals surface area contributed by atoms with Crippen molar-refractivity contribution in [2.24, 2.45) is 0 Å². The van der Waals surface area contributed by atoms with Crippen LogP contribution in [0.2, 0.25) is 10.0 Å². The smallest absolute Gasteiger partial charge is 0.263 e. The van der Waals surface area contributed by atoms with Crippen molar-refractivity contribution in [3.63, 3.8) is 0 Å². The van der Waals surface area contributed by atoms with Crippen molar-refractivity contribution in [2.45, 2.75) is 23.6 Å². The predicted octanol–water partition coefficient (Wildman–Crippen LogP) is 6.46. The van der Waals surface area contributed by atoms with Crippen molar-refractivity contribution in [1.82, 2.24) is 0 Å². The Hall–Kier alpha value is -3.57. The van der Waals surface area contributed by atoms with Gasteiger partial charge in [-0.25, -0.2) is 16.8 Å². The summed E-state index contributed by atoms with van der Waals surface area (Å²) in [5.74, 6) is -0.609. The van der Waals surface area contributed by atoms with Crippen LogP contribution < -0.4 is 14.8 Å². The first-order chi connectivity index (χ1) is 18.3. The second kappa shape index (κ2) is 11.3. The molecule has 0 radical (unpaired) electrons. The second-order valence-electron chi connectivity index (χ2n) is 8.66. The molecule has 0 aromatic heterocycles. The van der Waals surface area contributed by atoms with Crippen LogP contribution in [0.5, 0.6) is 0 Å². The summed E-state index contributed by atoms with van der Waals surface area (Å²) >= 11 is 12.1. The number of carbonyl (C=O) groups is 1. The number of carbonyl (C=O) groups excluding carboxylic acids is 1. The summed E-state index contributed by atoms with van der Waals surface area (Å²) in [5, 5.41) is 2.97. The number of hydrogen-bond acceptors (Lipinski definition) is 5. The lowest BCUT2D eigenvalue weighted by atomic mass is 10.2. The molecule has 0 unspecified atom stereocenters. The molecule has 0 bridgehead atoms. The van der Waals surface area contributed by atoms with E-state index in [4.69, 9.17) is 23.2 Å². The third-order valence-corrected chi connectivity index (χ3v) is 9.10. The van der Waals surface area contributed by atoms with Crippen LogP contribution in [0.1, 0.15) is 21.5 Å². The highest BCUT2D eigenvalue weighted by atomic mass is 35.5. The molecule has 4 aromatic carbocycles. The Balaban J connectivity index is 1.51. The molecule has 0 saturated carbocycles. The fraction of sp³-hybridized carbons (Fsp3) is 0.0741. The summed E-state index contributed by atoms with van der Waals surface area (Å²) < 4.78 is 56.5. The van der Waals surface area contributed by atoms with Crippen molar-refractivity contribution >= 4 is 66.2 Å². The fourth-order valence-corrected chi connectivity index (χ4v) is 6.47. The molecule has 0 aliphatic carbocycles. The van der Waals surface area contributed by atoms with Crippen LogP contribution in [0.25, 0.3) is 0 Å². The lowest BCUT2D eigenvalue weighted by Crippen LogP contribution is -2.17. The van der Waals surface area contributed by atoms with Crippen LogP contribution in [0.15, 0.2) is 94.7 Å². The Morgan fingerprint density at radius 1 is 0.718 bits per heavy atom. The van der Waals surface area contributed by atoms with Crippen molar-refractivity contribution in [1.29, 1.82) is 0 Å². The molecular formula is C27H23Cl2N3O5S2. The third-order valence-electron chi connectivity index (χ3n) is 5.62. The van der Waals surface area contributed by atoms with Gasteiger partial charge in [0.1, 0.15) is 4.90 Å². The number of rotatable bonds is 8. The summed E-state index contributed by atoms with van der Waals surface area (Å²) in [6, 6.07) is 21.1. The minimum Gasteiger partial charge on any atom is -0.322 e. The molecule has 3 N–H and O–H groups in total. The van der Waals surface area contributed by atoms with Crippen LogP contribution in [0.3, 0.4) is 0 Å². The van der Waals surface area contributed by atoms with Gasteiger partial charge >= 0.3 is 0 Å². The number of benzene rings is 4. The van der Waals surface area contributed by atoms with Gasteiger partial charge in [0.05, 0.1) is 15.6 Å². The molecule has 202 valence electrons. The maximum atomic E-state index is 13.0. The van der Waals surface area contributed by atoms with E-state index in [-0.39, 0.29) is 20.4 Å². The predicted molar refractivity (Wildman–Crippen MR) is 155 cm³/mol. The van der Waals surface area contributed by atoms with Crippen LogP contribution in [-0.2, 0) is 20.0 Å². The van der Waals surface area contributed by atoms with Crippen LogP contribution in [0.4, 0.5) is 17.1 Å². The summed E-state index contributed by atoms with van der Waals surface area (Å²) in [7, 11) is -8.00. The molecule has 4 aromatic rings. The van der Waals surface area contributed by atoms with E-state index in [1.165, 1.54) is 48.5 Å². The van der Waals surface area contributed by atoms with Gasteiger partial charge in [-0.05, 0) is 91.7 Å². The maximum Gasteiger partial charge on any atom is 0.263 e. The fourth-order valence-electron chi connectivity index (χ4n) is 3.60. The van der Waals surface area contributed by atoms with E-state index in [2.05, 4.69) is 14.8 Å². The first-order valence-corrected chi connectivity index (χ1v) is 15.2. The molecular weight excluding hydrogens is 581 g/mol. The minimum absolute atomic E-state index is 0.0260. The minimum atomic E-state index is -4.09. The van der Waals surface area contributed by atoms with E-state index in [0.29, 0.717) is 27.6 Å². The lowest BCUT2D eigenvalue weighted by molar-refractivity contribution is 0.102. The van der Waals surface area contributed by atoms with Gasteiger partial charge in [0.15, 0.2) is 0 Å². The van der Waals surface area contributed by atoms with Crippen LogP contribution in [0, 0.1) is 13.8 Å². The zero-order chi connectivity index (χ0) is 28.4. The number of amides is 1. The number of hydrogen-bond donors (Lipinski definition) is 3. The van der Waals surface area contributed by atoms with Gasteiger partial charge in [-0.1, -0.05) is 41.4 Å². The highest BCUT2D eigenvalue weighted by Gasteiger charge is 2.21. The quantitative estimate of drug-likeness (QED) is 0.213. The molecule has 0 heterocycles. The molecule has 0 saturated heterocycles. The van der Waals surface area contributed by atoms with Crippen LogP contribution >= 0.6 is 23.2 Å². The van der Waals surface area contributed by atoms with Gasteiger partial charge in [0.2, 0.25) is 0 Å². The largest absolute Gasteiger partial charge is 0.322 e. The van der Waals surface area contributed by atoms with E-state index in [1.54, 1.807) is 37.3 Å². The molecule has 1 amide bonds. The van der Waals surface area contributed by atoms with Crippen molar-refractivity contribution < 1.29 is 21.6 Å². The Morgan fingerprint density at radius 2 is 1.44 bits per heavy atom. The number of anilines is 3. The number of nitrogens with one attached hydrogen (secondary N) is 3. The molecule has 0 spiro atoms. The Kier molecular flexibility index (Phi) is 8.22. The average molecular weight is 605 g/mol. The zero-order valence-corrected chi connectivity index (χ0v) is 23.8. The van der Waals surface area contributed by atoms with Gasteiger partial charge in [-0.3, -0.25) is 14.2 Å². The van der Waals surface area contributed by atoms with Gasteiger partial charge < -0.3 is 5.32 Å². The summed E-state index contributed by atoms with van der Waals surface area (Å²) in [5.41, 5.74) is 2.61. The van der Waals surface area contributed by atoms with Gasteiger partial charge in [0.25, 0.3) is 26.0 Å². The summed E-state index contributed by atoms with van der Waals surface area (Å²) in [6.45, 7) is 3.58. The first-order valence-electron chi connectivity index (χ1n) is 11.4. The van der Waals surface area contributed by atoms with Crippen LogP contribution in [-0.4, -0.2) is 22.7 Å². The third kappa shape index (κ3) is 6.90. The lowest BCUT2D eigenvalue weighted by Gasteiger charge is -2.13. The zero-order valence-electron chi connectivity index (χ0n) is 20.7. The summed E-state index contributed by atoms with van der Waals surface area (Å²) in [6.07, 6.45) is 0. The van der Waals surface area contributed by atoms with E-state index in [0.717, 1.165) is 5.56 Å². The number of aryl methyl sites for hydroxylation is 2. The first kappa shape index (κ1) is 28.4. The highest BCUT2D eigenvalue weighted by Crippen LogP contribution is 2.27. The van der Waals surface area contributed by atoms with E-state index in [9.17, 15) is 21.6 Å². The van der Waals surface area contributed by atoms with E-state index in [1.807, 2.05) is 13.0 Å². The Morgan fingerprint density at radius 3 is 2.13 bits per heavy atom. The second-order valence-corrected chi connectivity index (χ2v) is 12.8. The van der Waals surface area contributed by atoms with Gasteiger partial charge in [-0.15, -0.1) is 0 Å². The molecule has 39 heavy (non-hydrogen) atoms. The topological polar surface area (TPSA) is 121 Å². The number of sulfonamides is 2. The maximum absolute atomic E-state index is 13.0. The van der Waals surface area contributed by atoms with Crippen molar-refractivity contribution in [2.75, 3.05) is 14.8 Å². The monoisotopic (exact) mass is 603 g/mol. The molecule has 0 aliphatic rings. The summed E-state index contributed by atoms with van der Waals surface area (Å²) in [4.78, 5) is 12.6. The molecule has 12 heteroatoms. The normalized spacial score (nSPS) is 11.6. The average Bonchev–Trinajstić information content (AvgIpc) is 2.86. The van der Waals surface area contributed by atoms with Crippen molar-refractivity contribution in [3.8, 4) is 0 Å². The molecule has 0 atom stereocenters. The van der Waals surface area contributed by atoms with Gasteiger partial charge in [-0.2, -0.15) is 0 Å². The number of halogens is 2. The highest BCUT2D eigenvalue weighted by molar-refractivity contribution is 7.93. The standard InChI is InChI=1S/C27H23Cl2N3O5S2/c1-17-4-3-5-22(14-17)31-39(36,37)26-15-19(7-13-24(26)29)27(33)30-21-9-11-23(12-10-21)38(34,35)32-25-16-20(28)8-6-18(25)2/h3-16,31-32H,1-2H3,(H,30,33). The molecule has 8 nitrogen and oxygen atoms in total. The molecule has 4 rings (SSSR count). The van der Waals surface area contributed by atoms with Gasteiger partial charge in [0, 0.05) is 22.0 Å². The Labute approximate surface area is 237 Å². The van der Waals surface area contributed by atoms with Crippen molar-refractivity contribution in [3.05, 3.63) is 112 Å². The molecule has 0 fully saturated rings. The Bertz CT molecular complexity index is 1780.